The average molecular weight is 341 g/mol. The SMILES string of the molecule is CCCOc1cc(-c2cc(C)cc([C@H]3COB(O)C3)n2)ccc1OC. The highest BCUT2D eigenvalue weighted by atomic mass is 16.5. The van der Waals surface area contributed by atoms with Crippen molar-refractivity contribution in [3.63, 3.8) is 0 Å². The quantitative estimate of drug-likeness (QED) is 0.816. The van der Waals surface area contributed by atoms with Gasteiger partial charge in [0, 0.05) is 23.8 Å². The number of aromatic nitrogens is 1. The van der Waals surface area contributed by atoms with Gasteiger partial charge in [0.15, 0.2) is 11.5 Å². The number of nitrogens with zero attached hydrogens (tertiary/aromatic N) is 1. The van der Waals surface area contributed by atoms with Crippen LogP contribution in [0.3, 0.4) is 0 Å². The van der Waals surface area contributed by atoms with Crippen LogP contribution in [0.4, 0.5) is 0 Å². The van der Waals surface area contributed by atoms with Gasteiger partial charge in [-0.1, -0.05) is 6.92 Å². The van der Waals surface area contributed by atoms with Crippen LogP contribution in [0.2, 0.25) is 6.32 Å². The highest BCUT2D eigenvalue weighted by Crippen LogP contribution is 2.34. The molecular weight excluding hydrogens is 317 g/mol. The predicted molar refractivity (Wildman–Crippen MR) is 98.2 cm³/mol. The van der Waals surface area contributed by atoms with E-state index in [2.05, 4.69) is 26.0 Å². The van der Waals surface area contributed by atoms with E-state index in [1.54, 1.807) is 7.11 Å². The Labute approximate surface area is 149 Å². The number of pyridine rings is 1. The van der Waals surface area contributed by atoms with E-state index in [1.165, 1.54) is 0 Å². The van der Waals surface area contributed by atoms with Gasteiger partial charge in [0.1, 0.15) is 0 Å². The third-order valence-corrected chi connectivity index (χ3v) is 4.30. The van der Waals surface area contributed by atoms with Crippen molar-refractivity contribution in [2.45, 2.75) is 32.5 Å². The number of benzene rings is 1. The van der Waals surface area contributed by atoms with E-state index in [0.29, 0.717) is 19.5 Å². The first-order valence-corrected chi connectivity index (χ1v) is 8.70. The van der Waals surface area contributed by atoms with E-state index in [0.717, 1.165) is 40.4 Å². The molecule has 2 aromatic rings. The largest absolute Gasteiger partial charge is 0.493 e. The molecule has 1 atom stereocenters. The zero-order valence-corrected chi connectivity index (χ0v) is 15.0. The van der Waals surface area contributed by atoms with Gasteiger partial charge in [-0.3, -0.25) is 4.98 Å². The molecule has 1 saturated heterocycles. The van der Waals surface area contributed by atoms with Crippen molar-refractivity contribution in [2.24, 2.45) is 0 Å². The molecule has 0 aliphatic carbocycles. The summed E-state index contributed by atoms with van der Waals surface area (Å²) in [6.45, 7) is 5.27. The van der Waals surface area contributed by atoms with Gasteiger partial charge in [0.25, 0.3) is 0 Å². The maximum atomic E-state index is 9.61. The Bertz CT molecular complexity index is 737. The van der Waals surface area contributed by atoms with Gasteiger partial charge < -0.3 is 19.2 Å². The van der Waals surface area contributed by atoms with E-state index < -0.39 is 7.12 Å². The first kappa shape index (κ1) is 17.8. The van der Waals surface area contributed by atoms with E-state index in [9.17, 15) is 5.02 Å². The topological polar surface area (TPSA) is 60.8 Å². The molecule has 0 radical (unpaired) electrons. The van der Waals surface area contributed by atoms with Crippen LogP contribution in [-0.2, 0) is 4.65 Å². The minimum Gasteiger partial charge on any atom is -0.493 e. The summed E-state index contributed by atoms with van der Waals surface area (Å²) in [6.07, 6.45) is 1.52. The summed E-state index contributed by atoms with van der Waals surface area (Å²) in [4.78, 5) is 4.81. The number of methoxy groups -OCH3 is 1. The Balaban J connectivity index is 1.94. The molecule has 1 N–H and O–H groups in total. The Morgan fingerprint density at radius 2 is 2.12 bits per heavy atom. The zero-order chi connectivity index (χ0) is 17.8. The molecule has 0 amide bonds. The second kappa shape index (κ2) is 7.89. The Kier molecular flexibility index (Phi) is 5.61. The molecule has 25 heavy (non-hydrogen) atoms. The first-order valence-electron chi connectivity index (χ1n) is 8.70. The molecule has 5 nitrogen and oxygen atoms in total. The minimum atomic E-state index is -0.689. The summed E-state index contributed by atoms with van der Waals surface area (Å²) in [5, 5.41) is 9.61. The molecular formula is C19H24BNO4. The first-order chi connectivity index (χ1) is 12.1. The minimum absolute atomic E-state index is 0.128. The van der Waals surface area contributed by atoms with Crippen LogP contribution in [0.15, 0.2) is 30.3 Å². The average Bonchev–Trinajstić information content (AvgIpc) is 3.05. The third kappa shape index (κ3) is 4.14. The molecule has 1 aromatic carbocycles. The van der Waals surface area contributed by atoms with Gasteiger partial charge in [-0.05, 0) is 55.6 Å². The summed E-state index contributed by atoms with van der Waals surface area (Å²) in [6, 6.07) is 9.99. The second-order valence-electron chi connectivity index (χ2n) is 6.39. The summed E-state index contributed by atoms with van der Waals surface area (Å²) in [5.41, 5.74) is 3.96. The van der Waals surface area contributed by atoms with Crippen LogP contribution in [0.1, 0.15) is 30.5 Å². The predicted octanol–water partition coefficient (Wildman–Crippen LogP) is 3.45. The summed E-state index contributed by atoms with van der Waals surface area (Å²) < 4.78 is 16.5. The fourth-order valence-corrected chi connectivity index (χ4v) is 3.02. The molecule has 0 spiro atoms. The highest BCUT2D eigenvalue weighted by Gasteiger charge is 2.30. The van der Waals surface area contributed by atoms with Crippen LogP contribution in [0.5, 0.6) is 11.5 Å². The lowest BCUT2D eigenvalue weighted by molar-refractivity contribution is 0.291. The highest BCUT2D eigenvalue weighted by molar-refractivity contribution is 6.43. The van der Waals surface area contributed by atoms with E-state index in [1.807, 2.05) is 18.2 Å². The van der Waals surface area contributed by atoms with Crippen molar-refractivity contribution in [3.8, 4) is 22.8 Å². The molecule has 0 saturated carbocycles. The molecule has 132 valence electrons. The Hall–Kier alpha value is -2.05. The van der Waals surface area contributed by atoms with Crippen LogP contribution in [0, 0.1) is 6.92 Å². The van der Waals surface area contributed by atoms with E-state index in [-0.39, 0.29) is 5.92 Å². The standard InChI is InChI=1S/C19H24BNO4/c1-4-7-24-19-10-14(5-6-18(19)23-3)16-8-13(2)9-17(21-16)15-11-20(22)25-12-15/h5-6,8-10,15,22H,4,7,11-12H2,1-3H3/t15-/m1/s1. The lowest BCUT2D eigenvalue weighted by Gasteiger charge is -2.14. The maximum absolute atomic E-state index is 9.61. The smallest absolute Gasteiger partial charge is 0.454 e. The van der Waals surface area contributed by atoms with Gasteiger partial charge in [0.2, 0.25) is 0 Å². The van der Waals surface area contributed by atoms with Gasteiger partial charge >= 0.3 is 7.12 Å². The molecule has 6 heteroatoms. The lowest BCUT2D eigenvalue weighted by atomic mass is 9.81. The number of ether oxygens (including phenoxy) is 2. The van der Waals surface area contributed by atoms with Gasteiger partial charge in [0.05, 0.1) is 19.4 Å². The monoisotopic (exact) mass is 341 g/mol. The summed E-state index contributed by atoms with van der Waals surface area (Å²) in [7, 11) is 0.952. The van der Waals surface area contributed by atoms with Crippen LogP contribution in [0.25, 0.3) is 11.3 Å². The molecule has 1 fully saturated rings. The lowest BCUT2D eigenvalue weighted by Crippen LogP contribution is -2.08. The Morgan fingerprint density at radius 1 is 1.28 bits per heavy atom. The fourth-order valence-electron chi connectivity index (χ4n) is 3.02. The van der Waals surface area contributed by atoms with Crippen LogP contribution >= 0.6 is 0 Å². The second-order valence-corrected chi connectivity index (χ2v) is 6.39. The van der Waals surface area contributed by atoms with Crippen molar-refractivity contribution in [1.82, 2.24) is 4.98 Å². The van der Waals surface area contributed by atoms with Crippen molar-refractivity contribution >= 4 is 7.12 Å². The summed E-state index contributed by atoms with van der Waals surface area (Å²) in [5.74, 6) is 1.58. The molecule has 0 unspecified atom stereocenters. The van der Waals surface area contributed by atoms with Gasteiger partial charge in [-0.15, -0.1) is 0 Å². The van der Waals surface area contributed by atoms with Crippen LogP contribution in [-0.4, -0.2) is 37.4 Å². The van der Waals surface area contributed by atoms with Crippen molar-refractivity contribution in [3.05, 3.63) is 41.6 Å². The molecule has 1 aliphatic heterocycles. The fraction of sp³-hybridized carbons (Fsp3) is 0.421. The van der Waals surface area contributed by atoms with Crippen molar-refractivity contribution in [2.75, 3.05) is 20.3 Å². The van der Waals surface area contributed by atoms with Crippen LogP contribution < -0.4 is 9.47 Å². The van der Waals surface area contributed by atoms with E-state index >= 15 is 0 Å². The van der Waals surface area contributed by atoms with Gasteiger partial charge in [-0.25, -0.2) is 0 Å². The number of hydrogen-bond acceptors (Lipinski definition) is 5. The summed E-state index contributed by atoms with van der Waals surface area (Å²) >= 11 is 0. The van der Waals surface area contributed by atoms with Crippen molar-refractivity contribution in [1.29, 1.82) is 0 Å². The molecule has 0 bridgehead atoms. The molecule has 1 aromatic heterocycles. The molecule has 2 heterocycles. The number of rotatable bonds is 6. The number of hydrogen-bond donors (Lipinski definition) is 1. The maximum Gasteiger partial charge on any atom is 0.454 e. The number of aryl methyl sites for hydroxylation is 1. The van der Waals surface area contributed by atoms with E-state index in [4.69, 9.17) is 19.1 Å². The molecule has 3 rings (SSSR count). The van der Waals surface area contributed by atoms with Gasteiger partial charge in [-0.2, -0.15) is 0 Å². The van der Waals surface area contributed by atoms with Crippen molar-refractivity contribution < 1.29 is 19.2 Å². The Morgan fingerprint density at radius 3 is 2.80 bits per heavy atom. The third-order valence-electron chi connectivity index (χ3n) is 4.30. The zero-order valence-electron chi connectivity index (χ0n) is 15.0. The molecule has 1 aliphatic rings. The normalized spacial score (nSPS) is 17.0.